The minimum Gasteiger partial charge on any atom is -0.261 e. The Morgan fingerprint density at radius 3 is 2.35 bits per heavy atom. The molecule has 116 valence electrons. The summed E-state index contributed by atoms with van der Waals surface area (Å²) in [4.78, 5) is 8.81. The van der Waals surface area contributed by atoms with E-state index in [2.05, 4.69) is 47.2 Å². The molecule has 3 aromatic rings. The molecule has 0 N–H and O–H groups in total. The second-order valence-corrected chi connectivity index (χ2v) is 5.94. The number of rotatable bonds is 6. The smallest absolute Gasteiger partial charge is 0.0701 e. The third kappa shape index (κ3) is 4.49. The van der Waals surface area contributed by atoms with Crippen LogP contribution in [-0.2, 0) is 12.8 Å². The Morgan fingerprint density at radius 1 is 0.783 bits per heavy atom. The van der Waals surface area contributed by atoms with Gasteiger partial charge >= 0.3 is 0 Å². The highest BCUT2D eigenvalue weighted by Crippen LogP contribution is 2.18. The lowest BCUT2D eigenvalue weighted by atomic mass is 10.0. The van der Waals surface area contributed by atoms with E-state index < -0.39 is 0 Å². The molecule has 2 aromatic heterocycles. The minimum atomic E-state index is 1.03. The topological polar surface area (TPSA) is 25.8 Å². The molecular formula is C21H22N2. The van der Waals surface area contributed by atoms with E-state index in [4.69, 9.17) is 0 Å². The molecular weight excluding hydrogens is 280 g/mol. The van der Waals surface area contributed by atoms with Gasteiger partial charge in [-0.25, -0.2) is 0 Å². The Labute approximate surface area is 138 Å². The molecule has 2 heteroatoms. The summed E-state index contributed by atoms with van der Waals surface area (Å²) in [6, 6.07) is 19.0. The maximum atomic E-state index is 4.42. The van der Waals surface area contributed by atoms with Crippen molar-refractivity contribution in [2.24, 2.45) is 0 Å². The summed E-state index contributed by atoms with van der Waals surface area (Å²) in [6.45, 7) is 2.12. The van der Waals surface area contributed by atoms with Crippen molar-refractivity contribution in [2.45, 2.75) is 32.6 Å². The molecule has 0 radical (unpaired) electrons. The van der Waals surface area contributed by atoms with Crippen LogP contribution in [0.2, 0.25) is 0 Å². The first kappa shape index (κ1) is 15.4. The Bertz CT molecular complexity index is 733. The van der Waals surface area contributed by atoms with Gasteiger partial charge in [0.15, 0.2) is 0 Å². The first-order valence-corrected chi connectivity index (χ1v) is 8.23. The van der Waals surface area contributed by atoms with Gasteiger partial charge in [0.1, 0.15) is 0 Å². The molecule has 3 rings (SSSR count). The molecule has 0 aliphatic carbocycles. The van der Waals surface area contributed by atoms with Crippen molar-refractivity contribution in [2.75, 3.05) is 0 Å². The van der Waals surface area contributed by atoms with Crippen LogP contribution in [0.25, 0.3) is 11.3 Å². The molecule has 0 saturated carbocycles. The minimum absolute atomic E-state index is 1.03. The highest BCUT2D eigenvalue weighted by Gasteiger charge is 2.00. The van der Waals surface area contributed by atoms with Gasteiger partial charge in [-0.2, -0.15) is 0 Å². The normalized spacial score (nSPS) is 10.7. The standard InChI is InChI=1S/C21H22N2/c1-17-13-15-22-20(16-17)7-3-2-6-18-9-11-19(12-10-18)21-8-4-5-14-23-21/h4-5,8-16H,2-3,6-7H2,1H3. The average molecular weight is 302 g/mol. The number of unbranched alkanes of at least 4 members (excludes halogenated alkanes) is 1. The Kier molecular flexibility index (Phi) is 5.15. The zero-order valence-corrected chi connectivity index (χ0v) is 13.6. The predicted molar refractivity (Wildman–Crippen MR) is 95.3 cm³/mol. The van der Waals surface area contributed by atoms with Crippen molar-refractivity contribution in [3.05, 3.63) is 83.8 Å². The summed E-state index contributed by atoms with van der Waals surface area (Å²) in [5.74, 6) is 0. The zero-order valence-electron chi connectivity index (χ0n) is 13.6. The van der Waals surface area contributed by atoms with Crippen LogP contribution < -0.4 is 0 Å². The second-order valence-electron chi connectivity index (χ2n) is 5.94. The predicted octanol–water partition coefficient (Wildman–Crippen LogP) is 5.02. The van der Waals surface area contributed by atoms with Gasteiger partial charge in [0.25, 0.3) is 0 Å². The van der Waals surface area contributed by atoms with Crippen LogP contribution in [0.4, 0.5) is 0 Å². The van der Waals surface area contributed by atoms with Gasteiger partial charge in [-0.15, -0.1) is 0 Å². The van der Waals surface area contributed by atoms with Gasteiger partial charge in [0.05, 0.1) is 5.69 Å². The third-order valence-corrected chi connectivity index (χ3v) is 4.04. The first-order valence-electron chi connectivity index (χ1n) is 8.23. The molecule has 0 bridgehead atoms. The summed E-state index contributed by atoms with van der Waals surface area (Å²) >= 11 is 0. The number of aromatic nitrogens is 2. The van der Waals surface area contributed by atoms with Crippen molar-refractivity contribution >= 4 is 0 Å². The summed E-state index contributed by atoms with van der Waals surface area (Å²) < 4.78 is 0. The molecule has 0 amide bonds. The Hall–Kier alpha value is -2.48. The van der Waals surface area contributed by atoms with Gasteiger partial charge in [-0.3, -0.25) is 9.97 Å². The molecule has 0 fully saturated rings. The van der Waals surface area contributed by atoms with E-state index in [1.165, 1.54) is 35.2 Å². The molecule has 2 nitrogen and oxygen atoms in total. The van der Waals surface area contributed by atoms with Crippen LogP contribution in [0.3, 0.4) is 0 Å². The number of hydrogen-bond donors (Lipinski definition) is 0. The highest BCUT2D eigenvalue weighted by atomic mass is 14.7. The summed E-state index contributed by atoms with van der Waals surface area (Å²) in [5.41, 5.74) is 6.10. The molecule has 0 aliphatic rings. The van der Waals surface area contributed by atoms with Crippen molar-refractivity contribution in [1.29, 1.82) is 0 Å². The zero-order chi connectivity index (χ0) is 15.9. The largest absolute Gasteiger partial charge is 0.261 e. The number of benzene rings is 1. The molecule has 23 heavy (non-hydrogen) atoms. The Morgan fingerprint density at radius 2 is 1.61 bits per heavy atom. The van der Waals surface area contributed by atoms with Gasteiger partial charge in [0, 0.05) is 23.7 Å². The first-order chi connectivity index (χ1) is 11.3. The van der Waals surface area contributed by atoms with Crippen molar-refractivity contribution in [3.8, 4) is 11.3 Å². The average Bonchev–Trinajstić information content (AvgIpc) is 2.60. The van der Waals surface area contributed by atoms with Crippen LogP contribution in [0.1, 0.15) is 29.7 Å². The van der Waals surface area contributed by atoms with Crippen molar-refractivity contribution in [3.63, 3.8) is 0 Å². The fraction of sp³-hybridized carbons (Fsp3) is 0.238. The molecule has 0 atom stereocenters. The lowest BCUT2D eigenvalue weighted by molar-refractivity contribution is 0.722. The number of hydrogen-bond acceptors (Lipinski definition) is 2. The van der Waals surface area contributed by atoms with Gasteiger partial charge in [-0.1, -0.05) is 30.3 Å². The number of aryl methyl sites for hydroxylation is 3. The van der Waals surface area contributed by atoms with Crippen LogP contribution in [-0.4, -0.2) is 9.97 Å². The van der Waals surface area contributed by atoms with Crippen LogP contribution in [0.5, 0.6) is 0 Å². The van der Waals surface area contributed by atoms with E-state index in [1.54, 1.807) is 0 Å². The van der Waals surface area contributed by atoms with Crippen LogP contribution in [0.15, 0.2) is 67.0 Å². The van der Waals surface area contributed by atoms with Crippen LogP contribution >= 0.6 is 0 Å². The lowest BCUT2D eigenvalue weighted by Crippen LogP contribution is -1.93. The quantitative estimate of drug-likeness (QED) is 0.598. The summed E-state index contributed by atoms with van der Waals surface area (Å²) in [5, 5.41) is 0. The van der Waals surface area contributed by atoms with E-state index in [0.717, 1.165) is 18.5 Å². The van der Waals surface area contributed by atoms with Crippen molar-refractivity contribution < 1.29 is 0 Å². The maximum absolute atomic E-state index is 4.42. The summed E-state index contributed by atoms with van der Waals surface area (Å²) in [7, 11) is 0. The molecule has 0 aliphatic heterocycles. The van der Waals surface area contributed by atoms with E-state index in [9.17, 15) is 0 Å². The van der Waals surface area contributed by atoms with Gasteiger partial charge in [0.2, 0.25) is 0 Å². The van der Waals surface area contributed by atoms with Crippen LogP contribution in [0, 0.1) is 6.92 Å². The maximum Gasteiger partial charge on any atom is 0.0701 e. The lowest BCUT2D eigenvalue weighted by Gasteiger charge is -2.05. The molecule has 2 heterocycles. The fourth-order valence-electron chi connectivity index (χ4n) is 2.75. The van der Waals surface area contributed by atoms with E-state index >= 15 is 0 Å². The molecule has 0 saturated heterocycles. The molecule has 0 spiro atoms. The van der Waals surface area contributed by atoms with Gasteiger partial charge < -0.3 is 0 Å². The summed E-state index contributed by atoms with van der Waals surface area (Å²) in [6.07, 6.45) is 8.29. The SMILES string of the molecule is Cc1ccnc(CCCCc2ccc(-c3ccccn3)cc2)c1. The highest BCUT2D eigenvalue weighted by molar-refractivity contribution is 5.58. The molecule has 1 aromatic carbocycles. The second kappa shape index (κ2) is 7.68. The number of pyridine rings is 2. The fourth-order valence-corrected chi connectivity index (χ4v) is 2.75. The van der Waals surface area contributed by atoms with Crippen molar-refractivity contribution in [1.82, 2.24) is 9.97 Å². The Balaban J connectivity index is 1.49. The van der Waals surface area contributed by atoms with E-state index in [-0.39, 0.29) is 0 Å². The number of nitrogens with zero attached hydrogens (tertiary/aromatic N) is 2. The molecule has 0 unspecified atom stereocenters. The third-order valence-electron chi connectivity index (χ3n) is 4.04. The van der Waals surface area contributed by atoms with Gasteiger partial charge in [-0.05, 0) is 68.0 Å². The monoisotopic (exact) mass is 302 g/mol. The van der Waals surface area contributed by atoms with E-state index in [0.29, 0.717) is 0 Å². The van der Waals surface area contributed by atoms with E-state index in [1.807, 2.05) is 36.7 Å².